The van der Waals surface area contributed by atoms with E-state index < -0.39 is 0 Å². The third-order valence-corrected chi connectivity index (χ3v) is 4.00. The van der Waals surface area contributed by atoms with Crippen molar-refractivity contribution in [3.05, 3.63) is 35.4 Å². The molecule has 1 aliphatic heterocycles. The normalized spacial score (nSPS) is 18.8. The van der Waals surface area contributed by atoms with Crippen LogP contribution in [0.25, 0.3) is 0 Å². The largest absolute Gasteiger partial charge is 0.469 e. The second-order valence-corrected chi connectivity index (χ2v) is 5.59. The van der Waals surface area contributed by atoms with Crippen LogP contribution in [0.5, 0.6) is 0 Å². The second kappa shape index (κ2) is 6.86. The SMILES string of the molecule is COC(=O)C(CN1CCN(C)CC1)c1ccc(C)cc1. The number of ether oxygens (including phenoxy) is 1. The summed E-state index contributed by atoms with van der Waals surface area (Å²) in [6.45, 7) is 6.93. The number of aryl methyl sites for hydroxylation is 1. The van der Waals surface area contributed by atoms with Gasteiger partial charge in [0.15, 0.2) is 0 Å². The van der Waals surface area contributed by atoms with Crippen molar-refractivity contribution >= 4 is 5.97 Å². The minimum absolute atomic E-state index is 0.146. The summed E-state index contributed by atoms with van der Waals surface area (Å²) in [5, 5.41) is 0. The van der Waals surface area contributed by atoms with Gasteiger partial charge in [0.2, 0.25) is 0 Å². The van der Waals surface area contributed by atoms with Crippen LogP contribution >= 0.6 is 0 Å². The van der Waals surface area contributed by atoms with Crippen molar-refractivity contribution < 1.29 is 9.53 Å². The van der Waals surface area contributed by atoms with E-state index in [0.717, 1.165) is 38.3 Å². The van der Waals surface area contributed by atoms with E-state index in [1.54, 1.807) is 0 Å². The maximum Gasteiger partial charge on any atom is 0.314 e. The van der Waals surface area contributed by atoms with Crippen molar-refractivity contribution in [2.24, 2.45) is 0 Å². The average molecular weight is 276 g/mol. The molecule has 0 N–H and O–H groups in total. The molecule has 2 rings (SSSR count). The number of esters is 1. The molecule has 0 amide bonds. The number of benzene rings is 1. The summed E-state index contributed by atoms with van der Waals surface area (Å²) in [5.41, 5.74) is 2.25. The lowest BCUT2D eigenvalue weighted by Crippen LogP contribution is -2.46. The number of carbonyl (C=O) groups is 1. The highest BCUT2D eigenvalue weighted by atomic mass is 16.5. The number of rotatable bonds is 4. The minimum atomic E-state index is -0.191. The molecule has 0 saturated carbocycles. The topological polar surface area (TPSA) is 32.8 Å². The smallest absolute Gasteiger partial charge is 0.314 e. The first-order valence-corrected chi connectivity index (χ1v) is 7.15. The van der Waals surface area contributed by atoms with Crippen LogP contribution in [0.3, 0.4) is 0 Å². The van der Waals surface area contributed by atoms with Gasteiger partial charge in [0, 0.05) is 32.7 Å². The summed E-state index contributed by atoms with van der Waals surface area (Å²) in [6.07, 6.45) is 0. The van der Waals surface area contributed by atoms with Gasteiger partial charge in [0.1, 0.15) is 0 Å². The third kappa shape index (κ3) is 3.81. The molecule has 1 aromatic carbocycles. The van der Waals surface area contributed by atoms with E-state index in [2.05, 4.69) is 35.9 Å². The molecule has 1 atom stereocenters. The molecular formula is C16H24N2O2. The fourth-order valence-electron chi connectivity index (χ4n) is 2.55. The Hall–Kier alpha value is -1.39. The van der Waals surface area contributed by atoms with E-state index in [0.29, 0.717) is 0 Å². The van der Waals surface area contributed by atoms with Crippen molar-refractivity contribution in [1.29, 1.82) is 0 Å². The van der Waals surface area contributed by atoms with Gasteiger partial charge in [-0.2, -0.15) is 0 Å². The molecule has 1 aromatic rings. The highest BCUT2D eigenvalue weighted by Gasteiger charge is 2.25. The summed E-state index contributed by atoms with van der Waals surface area (Å²) in [5.74, 6) is -0.336. The molecule has 1 heterocycles. The Balaban J connectivity index is 2.08. The molecule has 0 radical (unpaired) electrons. The Morgan fingerprint density at radius 3 is 2.35 bits per heavy atom. The van der Waals surface area contributed by atoms with Crippen LogP contribution in [0, 0.1) is 6.92 Å². The van der Waals surface area contributed by atoms with Gasteiger partial charge in [0.25, 0.3) is 0 Å². The third-order valence-electron chi connectivity index (χ3n) is 4.00. The van der Waals surface area contributed by atoms with Crippen molar-refractivity contribution in [1.82, 2.24) is 9.80 Å². The van der Waals surface area contributed by atoms with Crippen LogP contribution in [0.2, 0.25) is 0 Å². The molecule has 0 aliphatic carbocycles. The zero-order chi connectivity index (χ0) is 14.5. The molecule has 0 spiro atoms. The zero-order valence-electron chi connectivity index (χ0n) is 12.6. The number of piperazine rings is 1. The van der Waals surface area contributed by atoms with Crippen LogP contribution in [-0.2, 0) is 9.53 Å². The molecular weight excluding hydrogens is 252 g/mol. The van der Waals surface area contributed by atoms with Gasteiger partial charge in [-0.25, -0.2) is 0 Å². The van der Waals surface area contributed by atoms with Crippen molar-refractivity contribution in [3.8, 4) is 0 Å². The number of hydrogen-bond acceptors (Lipinski definition) is 4. The Bertz CT molecular complexity index is 436. The van der Waals surface area contributed by atoms with Crippen LogP contribution in [0.15, 0.2) is 24.3 Å². The fourth-order valence-corrected chi connectivity index (χ4v) is 2.55. The van der Waals surface area contributed by atoms with E-state index in [9.17, 15) is 4.79 Å². The van der Waals surface area contributed by atoms with Gasteiger partial charge in [-0.15, -0.1) is 0 Å². The maximum absolute atomic E-state index is 12.1. The van der Waals surface area contributed by atoms with Gasteiger partial charge in [-0.05, 0) is 19.5 Å². The second-order valence-electron chi connectivity index (χ2n) is 5.59. The van der Waals surface area contributed by atoms with Gasteiger partial charge in [-0.1, -0.05) is 29.8 Å². The molecule has 0 bridgehead atoms. The summed E-state index contributed by atoms with van der Waals surface area (Å²) < 4.78 is 4.98. The molecule has 1 saturated heterocycles. The van der Waals surface area contributed by atoms with E-state index in [-0.39, 0.29) is 11.9 Å². The lowest BCUT2D eigenvalue weighted by Gasteiger charge is -2.34. The monoisotopic (exact) mass is 276 g/mol. The number of hydrogen-bond donors (Lipinski definition) is 0. The van der Waals surface area contributed by atoms with E-state index in [1.807, 2.05) is 12.1 Å². The number of likely N-dealkylation sites (N-methyl/N-ethyl adjacent to an activating group) is 1. The summed E-state index contributed by atoms with van der Waals surface area (Å²) >= 11 is 0. The molecule has 110 valence electrons. The predicted octanol–water partition coefficient (Wildman–Crippen LogP) is 1.50. The molecule has 1 fully saturated rings. The van der Waals surface area contributed by atoms with Crippen LogP contribution in [0.4, 0.5) is 0 Å². The molecule has 0 aromatic heterocycles. The van der Waals surface area contributed by atoms with Gasteiger partial charge >= 0.3 is 5.97 Å². The minimum Gasteiger partial charge on any atom is -0.469 e. The highest BCUT2D eigenvalue weighted by Crippen LogP contribution is 2.20. The number of nitrogens with zero attached hydrogens (tertiary/aromatic N) is 2. The van der Waals surface area contributed by atoms with E-state index in [4.69, 9.17) is 4.74 Å². The maximum atomic E-state index is 12.1. The van der Waals surface area contributed by atoms with Crippen LogP contribution in [-0.4, -0.2) is 62.7 Å². The Morgan fingerprint density at radius 1 is 1.20 bits per heavy atom. The van der Waals surface area contributed by atoms with Crippen LogP contribution in [0.1, 0.15) is 17.0 Å². The van der Waals surface area contributed by atoms with Gasteiger partial charge in [-0.3, -0.25) is 9.69 Å². The first-order valence-electron chi connectivity index (χ1n) is 7.15. The van der Waals surface area contributed by atoms with Crippen LogP contribution < -0.4 is 0 Å². The fraction of sp³-hybridized carbons (Fsp3) is 0.562. The Labute approximate surface area is 121 Å². The Morgan fingerprint density at radius 2 is 1.80 bits per heavy atom. The first kappa shape index (κ1) is 15.0. The summed E-state index contributed by atoms with van der Waals surface area (Å²) in [6, 6.07) is 8.17. The van der Waals surface area contributed by atoms with Crippen molar-refractivity contribution in [2.45, 2.75) is 12.8 Å². The standard InChI is InChI=1S/C16H24N2O2/c1-13-4-6-14(7-5-13)15(16(19)20-3)12-18-10-8-17(2)9-11-18/h4-7,15H,8-12H2,1-3H3. The molecule has 4 heteroatoms. The lowest BCUT2D eigenvalue weighted by atomic mass is 9.97. The van der Waals surface area contributed by atoms with E-state index >= 15 is 0 Å². The average Bonchev–Trinajstić information content (AvgIpc) is 2.47. The Kier molecular flexibility index (Phi) is 5.15. The van der Waals surface area contributed by atoms with Crippen molar-refractivity contribution in [2.75, 3.05) is 46.9 Å². The number of methoxy groups -OCH3 is 1. The summed E-state index contributed by atoms with van der Waals surface area (Å²) in [4.78, 5) is 16.7. The first-order chi connectivity index (χ1) is 9.60. The molecule has 20 heavy (non-hydrogen) atoms. The predicted molar refractivity (Wildman–Crippen MR) is 79.9 cm³/mol. The highest BCUT2D eigenvalue weighted by molar-refractivity contribution is 5.78. The zero-order valence-corrected chi connectivity index (χ0v) is 12.6. The van der Waals surface area contributed by atoms with Gasteiger partial charge < -0.3 is 9.64 Å². The molecule has 1 aliphatic rings. The lowest BCUT2D eigenvalue weighted by molar-refractivity contribution is -0.143. The summed E-state index contributed by atoms with van der Waals surface area (Å²) in [7, 11) is 3.60. The quantitative estimate of drug-likeness (QED) is 0.780. The molecule has 1 unspecified atom stereocenters. The van der Waals surface area contributed by atoms with Gasteiger partial charge in [0.05, 0.1) is 13.0 Å². The molecule has 4 nitrogen and oxygen atoms in total. The van der Waals surface area contributed by atoms with Crippen molar-refractivity contribution in [3.63, 3.8) is 0 Å². The number of carbonyl (C=O) groups excluding carboxylic acids is 1. The van der Waals surface area contributed by atoms with E-state index in [1.165, 1.54) is 12.7 Å².